The number of rotatable bonds is 5. The SMILES string of the molecule is C#CCNC(=O)Cc1c2c(c(O)c3ncc(Cc4ccc(F)cc4)cc13)C(=O)N(C)C2. The molecule has 0 aliphatic carbocycles. The van der Waals surface area contributed by atoms with Gasteiger partial charge in [-0.15, -0.1) is 6.42 Å². The smallest absolute Gasteiger partial charge is 0.258 e. The van der Waals surface area contributed by atoms with Crippen molar-refractivity contribution in [1.82, 2.24) is 15.2 Å². The number of phenols is 1. The van der Waals surface area contributed by atoms with E-state index in [-0.39, 0.29) is 54.0 Å². The van der Waals surface area contributed by atoms with Gasteiger partial charge in [-0.2, -0.15) is 0 Å². The average molecular weight is 417 g/mol. The number of aromatic nitrogens is 1. The van der Waals surface area contributed by atoms with E-state index in [1.807, 2.05) is 6.07 Å². The van der Waals surface area contributed by atoms with E-state index in [1.54, 1.807) is 25.4 Å². The number of amides is 2. The van der Waals surface area contributed by atoms with Crippen molar-refractivity contribution in [2.45, 2.75) is 19.4 Å². The largest absolute Gasteiger partial charge is 0.505 e. The van der Waals surface area contributed by atoms with Crippen LogP contribution in [0.1, 0.15) is 32.6 Å². The van der Waals surface area contributed by atoms with Crippen molar-refractivity contribution < 1.29 is 19.1 Å². The number of halogens is 1. The Hall–Kier alpha value is -3.92. The number of carbonyl (C=O) groups excluding carboxylic acids is 2. The lowest BCUT2D eigenvalue weighted by atomic mass is 9.93. The molecule has 0 spiro atoms. The van der Waals surface area contributed by atoms with Crippen LogP contribution in [0.4, 0.5) is 4.39 Å². The van der Waals surface area contributed by atoms with Gasteiger partial charge in [-0.3, -0.25) is 14.6 Å². The summed E-state index contributed by atoms with van der Waals surface area (Å²) in [7, 11) is 1.64. The molecule has 2 aromatic carbocycles. The summed E-state index contributed by atoms with van der Waals surface area (Å²) in [6.45, 7) is 0.390. The first-order valence-corrected chi connectivity index (χ1v) is 9.74. The quantitative estimate of drug-likeness (QED) is 0.625. The highest BCUT2D eigenvalue weighted by atomic mass is 19.1. The second-order valence-electron chi connectivity index (χ2n) is 7.54. The molecule has 156 valence electrons. The Labute approximate surface area is 178 Å². The summed E-state index contributed by atoms with van der Waals surface area (Å²) in [4.78, 5) is 30.9. The van der Waals surface area contributed by atoms with Crippen LogP contribution in [0.3, 0.4) is 0 Å². The molecule has 0 saturated carbocycles. The lowest BCUT2D eigenvalue weighted by Gasteiger charge is -2.14. The van der Waals surface area contributed by atoms with E-state index < -0.39 is 0 Å². The standard InChI is InChI=1S/C24H20FN3O3/c1-3-8-26-20(29)11-17-18-10-15(9-14-4-6-16(25)7-5-14)12-27-22(18)23(30)21-19(17)13-28(2)24(21)31/h1,4-7,10,12,30H,8-9,11,13H2,2H3,(H,26,29). The summed E-state index contributed by atoms with van der Waals surface area (Å²) < 4.78 is 13.2. The number of phenolic OH excluding ortho intramolecular Hbond substituents is 1. The van der Waals surface area contributed by atoms with Crippen LogP contribution in [0.5, 0.6) is 5.75 Å². The molecular formula is C24H20FN3O3. The molecule has 7 heteroatoms. The van der Waals surface area contributed by atoms with Crippen LogP contribution in [0, 0.1) is 18.2 Å². The summed E-state index contributed by atoms with van der Waals surface area (Å²) >= 11 is 0. The molecule has 1 aromatic heterocycles. The third-order valence-electron chi connectivity index (χ3n) is 5.40. The molecule has 0 saturated heterocycles. The average Bonchev–Trinajstić information content (AvgIpc) is 3.05. The molecule has 0 fully saturated rings. The Balaban J connectivity index is 1.84. The third-order valence-corrected chi connectivity index (χ3v) is 5.40. The first kappa shape index (κ1) is 20.4. The van der Waals surface area contributed by atoms with Crippen molar-refractivity contribution >= 4 is 22.7 Å². The number of nitrogens with one attached hydrogen (secondary N) is 1. The molecule has 4 rings (SSSR count). The van der Waals surface area contributed by atoms with Gasteiger partial charge in [-0.25, -0.2) is 4.39 Å². The van der Waals surface area contributed by atoms with E-state index in [0.29, 0.717) is 22.9 Å². The van der Waals surface area contributed by atoms with Crippen LogP contribution in [0.2, 0.25) is 0 Å². The number of carbonyl (C=O) groups is 2. The van der Waals surface area contributed by atoms with Gasteiger partial charge < -0.3 is 15.3 Å². The van der Waals surface area contributed by atoms with Gasteiger partial charge in [-0.05, 0) is 46.9 Å². The Morgan fingerprint density at radius 2 is 2.06 bits per heavy atom. The van der Waals surface area contributed by atoms with Crippen LogP contribution in [0.15, 0.2) is 36.5 Å². The molecule has 0 radical (unpaired) electrons. The van der Waals surface area contributed by atoms with Crippen molar-refractivity contribution in [2.24, 2.45) is 0 Å². The Morgan fingerprint density at radius 1 is 1.32 bits per heavy atom. The Kier molecular flexibility index (Phi) is 5.30. The molecule has 2 heterocycles. The minimum atomic E-state index is -0.310. The Morgan fingerprint density at radius 3 is 2.77 bits per heavy atom. The minimum absolute atomic E-state index is 0.00357. The summed E-state index contributed by atoms with van der Waals surface area (Å²) in [6, 6.07) is 8.04. The van der Waals surface area contributed by atoms with E-state index in [1.165, 1.54) is 17.0 Å². The highest BCUT2D eigenvalue weighted by Gasteiger charge is 2.33. The number of fused-ring (bicyclic) bond motifs is 2. The molecule has 1 aliphatic rings. The summed E-state index contributed by atoms with van der Waals surface area (Å²) in [5.74, 6) is 1.29. The fourth-order valence-corrected chi connectivity index (χ4v) is 3.92. The number of aromatic hydroxyl groups is 1. The van der Waals surface area contributed by atoms with Gasteiger partial charge in [0.2, 0.25) is 5.91 Å². The topological polar surface area (TPSA) is 82.5 Å². The van der Waals surface area contributed by atoms with Gasteiger partial charge in [0.25, 0.3) is 5.91 Å². The fourth-order valence-electron chi connectivity index (χ4n) is 3.92. The van der Waals surface area contributed by atoms with E-state index in [9.17, 15) is 19.1 Å². The minimum Gasteiger partial charge on any atom is -0.505 e. The van der Waals surface area contributed by atoms with Crippen LogP contribution in [0.25, 0.3) is 10.9 Å². The molecule has 0 unspecified atom stereocenters. The van der Waals surface area contributed by atoms with E-state index in [4.69, 9.17) is 6.42 Å². The van der Waals surface area contributed by atoms with Gasteiger partial charge >= 0.3 is 0 Å². The normalized spacial score (nSPS) is 12.7. The van der Waals surface area contributed by atoms with Crippen molar-refractivity contribution in [3.63, 3.8) is 0 Å². The first-order valence-electron chi connectivity index (χ1n) is 9.74. The third kappa shape index (κ3) is 3.80. The second kappa shape index (κ2) is 8.07. The van der Waals surface area contributed by atoms with E-state index in [0.717, 1.165) is 11.1 Å². The lowest BCUT2D eigenvalue weighted by Crippen LogP contribution is -2.26. The zero-order valence-corrected chi connectivity index (χ0v) is 16.9. The maximum absolute atomic E-state index is 13.2. The van der Waals surface area contributed by atoms with Crippen LogP contribution in [-0.4, -0.2) is 40.4 Å². The van der Waals surface area contributed by atoms with E-state index in [2.05, 4.69) is 16.2 Å². The molecule has 6 nitrogen and oxygen atoms in total. The zero-order valence-electron chi connectivity index (χ0n) is 16.9. The lowest BCUT2D eigenvalue weighted by molar-refractivity contribution is -0.120. The van der Waals surface area contributed by atoms with Gasteiger partial charge in [0.05, 0.1) is 18.5 Å². The molecule has 1 aliphatic heterocycles. The number of pyridine rings is 1. The number of terminal acetylenes is 1. The van der Waals surface area contributed by atoms with Crippen LogP contribution < -0.4 is 5.32 Å². The zero-order chi connectivity index (χ0) is 22.1. The maximum atomic E-state index is 13.2. The van der Waals surface area contributed by atoms with Crippen LogP contribution >= 0.6 is 0 Å². The van der Waals surface area contributed by atoms with Gasteiger partial charge in [-0.1, -0.05) is 18.1 Å². The first-order chi connectivity index (χ1) is 14.9. The summed E-state index contributed by atoms with van der Waals surface area (Å²) in [5, 5.41) is 14.0. The summed E-state index contributed by atoms with van der Waals surface area (Å²) in [6.07, 6.45) is 7.35. The van der Waals surface area contributed by atoms with Crippen molar-refractivity contribution in [3.8, 4) is 18.1 Å². The molecule has 2 N–H and O–H groups in total. The number of benzene rings is 2. The predicted molar refractivity (Wildman–Crippen MR) is 114 cm³/mol. The molecule has 0 atom stereocenters. The summed E-state index contributed by atoms with van der Waals surface area (Å²) in [5.41, 5.74) is 3.45. The van der Waals surface area contributed by atoms with Crippen molar-refractivity contribution in [3.05, 3.63) is 70.2 Å². The van der Waals surface area contributed by atoms with Gasteiger partial charge in [0.15, 0.2) is 5.75 Å². The van der Waals surface area contributed by atoms with Gasteiger partial charge in [0.1, 0.15) is 11.3 Å². The van der Waals surface area contributed by atoms with E-state index >= 15 is 0 Å². The number of nitrogens with zero attached hydrogens (tertiary/aromatic N) is 2. The van der Waals surface area contributed by atoms with Crippen molar-refractivity contribution in [1.29, 1.82) is 0 Å². The highest BCUT2D eigenvalue weighted by molar-refractivity contribution is 6.08. The Bertz CT molecular complexity index is 1250. The predicted octanol–water partition coefficient (Wildman–Crippen LogP) is 2.55. The second-order valence-corrected chi connectivity index (χ2v) is 7.54. The molecule has 31 heavy (non-hydrogen) atoms. The maximum Gasteiger partial charge on any atom is 0.258 e. The van der Waals surface area contributed by atoms with Crippen molar-refractivity contribution in [2.75, 3.05) is 13.6 Å². The monoisotopic (exact) mass is 417 g/mol. The fraction of sp³-hybridized carbons (Fsp3) is 0.208. The highest BCUT2D eigenvalue weighted by Crippen LogP contribution is 2.39. The number of hydrogen-bond acceptors (Lipinski definition) is 4. The van der Waals surface area contributed by atoms with Gasteiger partial charge in [0, 0.05) is 25.2 Å². The molecular weight excluding hydrogens is 397 g/mol. The molecule has 2 amide bonds. The molecule has 0 bridgehead atoms. The molecule has 3 aromatic rings. The number of hydrogen-bond donors (Lipinski definition) is 2. The van der Waals surface area contributed by atoms with Crippen LogP contribution in [-0.2, 0) is 24.2 Å².